The van der Waals surface area contributed by atoms with Gasteiger partial charge in [-0.3, -0.25) is 0 Å². The first kappa shape index (κ1) is 19.5. The number of morpholine rings is 1. The molecule has 0 atom stereocenters. The molecule has 0 bridgehead atoms. The molecular weight excluding hydrogens is 394 g/mol. The van der Waals surface area contributed by atoms with E-state index >= 15 is 0 Å². The number of rotatable bonds is 7. The van der Waals surface area contributed by atoms with Crippen LogP contribution in [-0.2, 0) is 14.8 Å². The molecule has 0 aliphatic carbocycles. The van der Waals surface area contributed by atoms with Gasteiger partial charge < -0.3 is 9.47 Å². The maximum Gasteiger partial charge on any atom is 0.243 e. The third kappa shape index (κ3) is 5.14. The van der Waals surface area contributed by atoms with Crippen LogP contribution in [-0.4, -0.2) is 51.4 Å². The fourth-order valence-electron chi connectivity index (χ4n) is 2.49. The van der Waals surface area contributed by atoms with Crippen molar-refractivity contribution in [1.82, 2.24) is 4.31 Å². The van der Waals surface area contributed by atoms with Gasteiger partial charge in [0.25, 0.3) is 0 Å². The van der Waals surface area contributed by atoms with E-state index in [2.05, 4.69) is 0 Å². The van der Waals surface area contributed by atoms with Gasteiger partial charge >= 0.3 is 0 Å². The lowest BCUT2D eigenvalue weighted by Gasteiger charge is -2.26. The zero-order valence-electron chi connectivity index (χ0n) is 14.1. The van der Waals surface area contributed by atoms with E-state index in [9.17, 15) is 8.42 Å². The van der Waals surface area contributed by atoms with Crippen molar-refractivity contribution in [1.29, 1.82) is 0 Å². The van der Waals surface area contributed by atoms with Gasteiger partial charge in [0.05, 0.1) is 24.7 Å². The molecule has 0 saturated carbocycles. The molecule has 0 amide bonds. The summed E-state index contributed by atoms with van der Waals surface area (Å²) in [6, 6.07) is 14.2. The van der Waals surface area contributed by atoms with Crippen molar-refractivity contribution in [3.63, 3.8) is 0 Å². The highest BCUT2D eigenvalue weighted by Gasteiger charge is 2.26. The number of ether oxygens (including phenoxy) is 2. The highest BCUT2D eigenvalue weighted by atomic mass is 35.5. The second kappa shape index (κ2) is 9.10. The van der Waals surface area contributed by atoms with Crippen LogP contribution in [0, 0.1) is 0 Å². The molecule has 1 fully saturated rings. The number of hydrogen-bond donors (Lipinski definition) is 0. The van der Waals surface area contributed by atoms with Crippen molar-refractivity contribution in [2.45, 2.75) is 9.79 Å². The molecule has 1 aliphatic rings. The summed E-state index contributed by atoms with van der Waals surface area (Å²) < 4.78 is 37.5. The summed E-state index contributed by atoms with van der Waals surface area (Å²) in [4.78, 5) is 1.41. The van der Waals surface area contributed by atoms with Crippen LogP contribution in [0.4, 0.5) is 0 Å². The topological polar surface area (TPSA) is 55.8 Å². The second-order valence-electron chi connectivity index (χ2n) is 5.64. The molecule has 2 aromatic rings. The fraction of sp³-hybridized carbons (Fsp3) is 0.333. The van der Waals surface area contributed by atoms with Crippen LogP contribution in [0.25, 0.3) is 0 Å². The van der Waals surface area contributed by atoms with Gasteiger partial charge in [0.15, 0.2) is 0 Å². The first-order chi connectivity index (χ1) is 12.6. The van der Waals surface area contributed by atoms with Crippen molar-refractivity contribution in [2.75, 3.05) is 38.7 Å². The normalized spacial score (nSPS) is 15.7. The average Bonchev–Trinajstić information content (AvgIpc) is 2.68. The van der Waals surface area contributed by atoms with E-state index in [0.29, 0.717) is 38.7 Å². The summed E-state index contributed by atoms with van der Waals surface area (Å²) in [5, 5.41) is 0.720. The van der Waals surface area contributed by atoms with Crippen molar-refractivity contribution in [3.8, 4) is 5.75 Å². The smallest absolute Gasteiger partial charge is 0.243 e. The molecule has 3 rings (SSSR count). The van der Waals surface area contributed by atoms with Gasteiger partial charge in [-0.05, 0) is 48.5 Å². The number of thioether (sulfide) groups is 1. The molecule has 2 aromatic carbocycles. The number of halogens is 1. The minimum atomic E-state index is -3.46. The summed E-state index contributed by atoms with van der Waals surface area (Å²) in [7, 11) is -3.46. The van der Waals surface area contributed by atoms with E-state index in [1.807, 2.05) is 24.3 Å². The Morgan fingerprint density at radius 3 is 2.35 bits per heavy atom. The van der Waals surface area contributed by atoms with Crippen molar-refractivity contribution >= 4 is 33.4 Å². The molecule has 26 heavy (non-hydrogen) atoms. The Labute approximate surface area is 163 Å². The molecule has 1 heterocycles. The highest BCUT2D eigenvalue weighted by Crippen LogP contribution is 2.22. The summed E-state index contributed by atoms with van der Waals surface area (Å²) >= 11 is 7.54. The summed E-state index contributed by atoms with van der Waals surface area (Å²) in [6.45, 7) is 2.19. The maximum atomic E-state index is 12.6. The Kier molecular flexibility index (Phi) is 6.83. The van der Waals surface area contributed by atoms with Gasteiger partial charge in [0, 0.05) is 28.8 Å². The first-order valence-corrected chi connectivity index (χ1v) is 11.1. The largest absolute Gasteiger partial charge is 0.493 e. The third-order valence-electron chi connectivity index (χ3n) is 3.87. The van der Waals surface area contributed by atoms with Gasteiger partial charge in [-0.15, -0.1) is 11.8 Å². The Bertz CT molecular complexity index is 804. The van der Waals surface area contributed by atoms with Crippen molar-refractivity contribution < 1.29 is 17.9 Å². The second-order valence-corrected chi connectivity index (χ2v) is 9.18. The van der Waals surface area contributed by atoms with E-state index in [-0.39, 0.29) is 4.90 Å². The zero-order valence-corrected chi connectivity index (χ0v) is 16.5. The molecule has 140 valence electrons. The summed E-state index contributed by atoms with van der Waals surface area (Å²) in [6.07, 6.45) is 0. The van der Waals surface area contributed by atoms with Crippen LogP contribution in [0.1, 0.15) is 0 Å². The third-order valence-corrected chi connectivity index (χ3v) is 7.01. The van der Waals surface area contributed by atoms with Crippen LogP contribution in [0.3, 0.4) is 0 Å². The van der Waals surface area contributed by atoms with Gasteiger partial charge in [-0.2, -0.15) is 4.31 Å². The zero-order chi connectivity index (χ0) is 18.4. The van der Waals surface area contributed by atoms with Crippen molar-refractivity contribution in [3.05, 3.63) is 53.6 Å². The molecular formula is C18H20ClNO4S2. The van der Waals surface area contributed by atoms with Gasteiger partial charge in [-0.25, -0.2) is 8.42 Å². The van der Waals surface area contributed by atoms with E-state index in [1.54, 1.807) is 36.0 Å². The minimum Gasteiger partial charge on any atom is -0.493 e. The predicted octanol–water partition coefficient (Wildman–Crippen LogP) is 3.53. The van der Waals surface area contributed by atoms with Crippen LogP contribution >= 0.6 is 23.4 Å². The van der Waals surface area contributed by atoms with Gasteiger partial charge in [0.2, 0.25) is 10.0 Å². The van der Waals surface area contributed by atoms with Crippen molar-refractivity contribution in [2.24, 2.45) is 0 Å². The molecule has 0 radical (unpaired) electrons. The van der Waals surface area contributed by atoms with E-state index < -0.39 is 10.0 Å². The lowest BCUT2D eigenvalue weighted by molar-refractivity contribution is 0.0730. The first-order valence-electron chi connectivity index (χ1n) is 8.25. The molecule has 0 spiro atoms. The lowest BCUT2D eigenvalue weighted by atomic mass is 10.3. The Morgan fingerprint density at radius 1 is 1.04 bits per heavy atom. The van der Waals surface area contributed by atoms with Crippen LogP contribution < -0.4 is 4.74 Å². The standard InChI is InChI=1S/C18H20ClNO4S2/c19-15-1-5-17(6-2-15)25-14-13-24-16-3-7-18(8-4-16)26(21,22)20-9-11-23-12-10-20/h1-8H,9-14H2. The van der Waals surface area contributed by atoms with Gasteiger partial charge in [0.1, 0.15) is 5.75 Å². The van der Waals surface area contributed by atoms with E-state index in [1.165, 1.54) is 4.31 Å². The molecule has 1 saturated heterocycles. The Morgan fingerprint density at radius 2 is 1.69 bits per heavy atom. The number of nitrogens with zero attached hydrogens (tertiary/aromatic N) is 1. The Hall–Kier alpha value is -1.25. The Balaban J connectivity index is 1.50. The molecule has 5 nitrogen and oxygen atoms in total. The number of hydrogen-bond acceptors (Lipinski definition) is 5. The molecule has 0 N–H and O–H groups in total. The summed E-state index contributed by atoms with van der Waals surface area (Å²) in [5.41, 5.74) is 0. The molecule has 0 unspecified atom stereocenters. The molecule has 1 aliphatic heterocycles. The quantitative estimate of drug-likeness (QED) is 0.513. The average molecular weight is 414 g/mol. The van der Waals surface area contributed by atoms with Crippen LogP contribution in [0.15, 0.2) is 58.3 Å². The monoisotopic (exact) mass is 413 g/mol. The summed E-state index contributed by atoms with van der Waals surface area (Å²) in [5.74, 6) is 1.44. The minimum absolute atomic E-state index is 0.280. The number of benzene rings is 2. The predicted molar refractivity (Wildman–Crippen MR) is 104 cm³/mol. The van der Waals surface area contributed by atoms with Crippen LogP contribution in [0.2, 0.25) is 5.02 Å². The fourth-order valence-corrected chi connectivity index (χ4v) is 4.76. The molecule has 8 heteroatoms. The SMILES string of the molecule is O=S(=O)(c1ccc(OCCSc2ccc(Cl)cc2)cc1)N1CCOCC1. The number of sulfonamides is 1. The van der Waals surface area contributed by atoms with E-state index in [0.717, 1.165) is 15.7 Å². The van der Waals surface area contributed by atoms with Gasteiger partial charge in [-0.1, -0.05) is 11.6 Å². The maximum absolute atomic E-state index is 12.6. The molecule has 0 aromatic heterocycles. The highest BCUT2D eigenvalue weighted by molar-refractivity contribution is 7.99. The van der Waals surface area contributed by atoms with E-state index in [4.69, 9.17) is 21.1 Å². The lowest BCUT2D eigenvalue weighted by Crippen LogP contribution is -2.40. The van der Waals surface area contributed by atoms with Crippen LogP contribution in [0.5, 0.6) is 5.75 Å².